The van der Waals surface area contributed by atoms with E-state index in [-0.39, 0.29) is 0 Å². The summed E-state index contributed by atoms with van der Waals surface area (Å²) < 4.78 is 32.6. The number of hydrogen-bond acceptors (Lipinski definition) is 3. The van der Waals surface area contributed by atoms with Gasteiger partial charge in [0, 0.05) is 0 Å². The van der Waals surface area contributed by atoms with E-state index in [1.165, 1.54) is 4.90 Å². The van der Waals surface area contributed by atoms with E-state index < -0.39 is 10.0 Å². The molecule has 112 valence electrons. The minimum absolute atomic E-state index is 0.384. The summed E-state index contributed by atoms with van der Waals surface area (Å²) >= 11 is 0. The fourth-order valence-electron chi connectivity index (χ4n) is 2.35. The average Bonchev–Trinajstić information content (AvgIpc) is 2.42. The van der Waals surface area contributed by atoms with Crippen molar-refractivity contribution in [1.82, 2.24) is 4.72 Å². The number of rotatable bonds is 5. The Labute approximate surface area is 121 Å². The SMILES string of the molecule is Cc1ccc(C)c(S(=O)(=O)NCC[NH+]2CCOCC2)c1. The maximum Gasteiger partial charge on any atom is 0.241 e. The Kier molecular flexibility index (Phi) is 5.15. The first kappa shape index (κ1) is 15.4. The lowest BCUT2D eigenvalue weighted by Crippen LogP contribution is -3.14. The molecule has 0 unspecified atom stereocenters. The van der Waals surface area contributed by atoms with E-state index in [0.29, 0.717) is 11.4 Å². The van der Waals surface area contributed by atoms with E-state index in [9.17, 15) is 8.42 Å². The second-order valence-corrected chi connectivity index (χ2v) is 7.01. The smallest absolute Gasteiger partial charge is 0.241 e. The van der Waals surface area contributed by atoms with Gasteiger partial charge in [-0.2, -0.15) is 0 Å². The van der Waals surface area contributed by atoms with Crippen LogP contribution >= 0.6 is 0 Å². The Balaban J connectivity index is 1.95. The van der Waals surface area contributed by atoms with Gasteiger partial charge in [-0.15, -0.1) is 0 Å². The molecule has 0 saturated carbocycles. The summed E-state index contributed by atoms with van der Waals surface area (Å²) in [6.45, 7) is 8.41. The molecule has 1 fully saturated rings. The van der Waals surface area contributed by atoms with Crippen molar-refractivity contribution in [3.05, 3.63) is 29.3 Å². The molecule has 1 aliphatic rings. The molecular weight excluding hydrogens is 276 g/mol. The lowest BCUT2D eigenvalue weighted by Gasteiger charge is -2.23. The number of benzene rings is 1. The molecule has 6 heteroatoms. The Morgan fingerprint density at radius 2 is 1.95 bits per heavy atom. The number of quaternary nitrogens is 1. The highest BCUT2D eigenvalue weighted by molar-refractivity contribution is 7.89. The molecule has 2 rings (SSSR count). The average molecular weight is 299 g/mol. The van der Waals surface area contributed by atoms with Crippen LogP contribution in [0.1, 0.15) is 11.1 Å². The van der Waals surface area contributed by atoms with Crippen LogP contribution in [-0.2, 0) is 14.8 Å². The van der Waals surface area contributed by atoms with Crippen LogP contribution in [0.5, 0.6) is 0 Å². The van der Waals surface area contributed by atoms with Crippen LogP contribution in [0.2, 0.25) is 0 Å². The van der Waals surface area contributed by atoms with E-state index in [2.05, 4.69) is 4.72 Å². The Morgan fingerprint density at radius 1 is 1.25 bits per heavy atom. The van der Waals surface area contributed by atoms with Gasteiger partial charge in [0.05, 0.1) is 31.2 Å². The van der Waals surface area contributed by atoms with Crippen LogP contribution in [0.3, 0.4) is 0 Å². The molecule has 0 spiro atoms. The molecule has 1 heterocycles. The zero-order chi connectivity index (χ0) is 14.6. The zero-order valence-corrected chi connectivity index (χ0v) is 12.9. The molecular formula is C14H23N2O3S+. The third-order valence-corrected chi connectivity index (χ3v) is 5.21. The van der Waals surface area contributed by atoms with E-state index >= 15 is 0 Å². The highest BCUT2D eigenvalue weighted by atomic mass is 32.2. The van der Waals surface area contributed by atoms with Crippen molar-refractivity contribution in [2.45, 2.75) is 18.7 Å². The van der Waals surface area contributed by atoms with Crippen LogP contribution in [0, 0.1) is 13.8 Å². The Hall–Kier alpha value is -0.950. The summed E-state index contributed by atoms with van der Waals surface area (Å²) in [5, 5.41) is 0. The molecule has 0 aromatic heterocycles. The van der Waals surface area contributed by atoms with Crippen LogP contribution < -0.4 is 9.62 Å². The Morgan fingerprint density at radius 3 is 2.65 bits per heavy atom. The van der Waals surface area contributed by atoms with Crippen molar-refractivity contribution in [3.8, 4) is 0 Å². The first-order valence-corrected chi connectivity index (χ1v) is 8.45. The highest BCUT2D eigenvalue weighted by Crippen LogP contribution is 2.16. The lowest BCUT2D eigenvalue weighted by molar-refractivity contribution is -0.906. The number of sulfonamides is 1. The highest BCUT2D eigenvalue weighted by Gasteiger charge is 2.18. The topological polar surface area (TPSA) is 59.8 Å². The van der Waals surface area contributed by atoms with Gasteiger partial charge in [-0.3, -0.25) is 0 Å². The summed E-state index contributed by atoms with van der Waals surface area (Å²) in [5.41, 5.74) is 1.73. The predicted molar refractivity (Wildman–Crippen MR) is 77.5 cm³/mol. The van der Waals surface area contributed by atoms with Crippen LogP contribution in [0.25, 0.3) is 0 Å². The maximum absolute atomic E-state index is 12.3. The van der Waals surface area contributed by atoms with E-state index in [1.807, 2.05) is 26.0 Å². The standard InChI is InChI=1S/C14H22N2O3S/c1-12-3-4-13(2)14(11-12)20(17,18)15-5-6-16-7-9-19-10-8-16/h3-4,11,15H,5-10H2,1-2H3/p+1. The molecule has 2 N–H and O–H groups in total. The molecule has 1 aliphatic heterocycles. The molecule has 0 atom stereocenters. The fraction of sp³-hybridized carbons (Fsp3) is 0.571. The molecule has 1 aromatic carbocycles. The number of aryl methyl sites for hydroxylation is 2. The molecule has 0 radical (unpaired) electrons. The largest absolute Gasteiger partial charge is 0.370 e. The summed E-state index contributed by atoms with van der Waals surface area (Å²) in [7, 11) is -3.41. The van der Waals surface area contributed by atoms with Crippen LogP contribution in [-0.4, -0.2) is 47.8 Å². The van der Waals surface area contributed by atoms with Gasteiger partial charge in [-0.05, 0) is 31.0 Å². The molecule has 0 aliphatic carbocycles. The van der Waals surface area contributed by atoms with Crippen LogP contribution in [0.15, 0.2) is 23.1 Å². The molecule has 1 aromatic rings. The van der Waals surface area contributed by atoms with Crippen LogP contribution in [0.4, 0.5) is 0 Å². The Bertz CT molecular complexity index is 552. The lowest BCUT2D eigenvalue weighted by atomic mass is 10.2. The summed E-state index contributed by atoms with van der Waals surface area (Å²) in [6.07, 6.45) is 0. The van der Waals surface area contributed by atoms with Gasteiger partial charge in [0.2, 0.25) is 10.0 Å². The summed E-state index contributed by atoms with van der Waals surface area (Å²) in [6, 6.07) is 5.49. The molecule has 0 amide bonds. The van der Waals surface area contributed by atoms with Gasteiger partial charge >= 0.3 is 0 Å². The number of morpholine rings is 1. The monoisotopic (exact) mass is 299 g/mol. The van der Waals surface area contributed by atoms with Crippen molar-refractivity contribution in [3.63, 3.8) is 0 Å². The summed E-state index contributed by atoms with van der Waals surface area (Å²) in [4.78, 5) is 1.77. The predicted octanol–water partition coefficient (Wildman–Crippen LogP) is -0.503. The van der Waals surface area contributed by atoms with Crippen molar-refractivity contribution < 1.29 is 18.1 Å². The number of nitrogens with one attached hydrogen (secondary N) is 2. The molecule has 1 saturated heterocycles. The normalized spacial score (nSPS) is 17.3. The quantitative estimate of drug-likeness (QED) is 0.770. The minimum Gasteiger partial charge on any atom is -0.370 e. The molecule has 0 bridgehead atoms. The first-order chi connectivity index (χ1) is 9.49. The van der Waals surface area contributed by atoms with Crippen molar-refractivity contribution in [2.24, 2.45) is 0 Å². The second kappa shape index (κ2) is 6.67. The van der Waals surface area contributed by atoms with Gasteiger partial charge in [0.15, 0.2) is 0 Å². The second-order valence-electron chi connectivity index (χ2n) is 5.28. The molecule has 20 heavy (non-hydrogen) atoms. The third-order valence-electron chi connectivity index (χ3n) is 3.60. The van der Waals surface area contributed by atoms with E-state index in [4.69, 9.17) is 4.74 Å². The molecule has 5 nitrogen and oxygen atoms in total. The van der Waals surface area contributed by atoms with Gasteiger partial charge < -0.3 is 9.64 Å². The van der Waals surface area contributed by atoms with Crippen molar-refractivity contribution in [1.29, 1.82) is 0 Å². The first-order valence-electron chi connectivity index (χ1n) is 6.97. The fourth-order valence-corrected chi connectivity index (χ4v) is 3.71. The number of ether oxygens (including phenoxy) is 1. The maximum atomic E-state index is 12.3. The van der Waals surface area contributed by atoms with Gasteiger partial charge in [0.25, 0.3) is 0 Å². The van der Waals surface area contributed by atoms with Crippen molar-refractivity contribution in [2.75, 3.05) is 39.4 Å². The summed E-state index contributed by atoms with van der Waals surface area (Å²) in [5.74, 6) is 0. The van der Waals surface area contributed by atoms with Crippen molar-refractivity contribution >= 4 is 10.0 Å². The number of hydrogen-bond donors (Lipinski definition) is 2. The zero-order valence-electron chi connectivity index (χ0n) is 12.1. The van der Waals surface area contributed by atoms with E-state index in [0.717, 1.165) is 44.0 Å². The minimum atomic E-state index is -3.41. The van der Waals surface area contributed by atoms with Gasteiger partial charge in [0.1, 0.15) is 13.1 Å². The third kappa shape index (κ3) is 4.02. The van der Waals surface area contributed by atoms with Gasteiger partial charge in [-0.25, -0.2) is 13.1 Å². The van der Waals surface area contributed by atoms with Gasteiger partial charge in [-0.1, -0.05) is 12.1 Å². The van der Waals surface area contributed by atoms with E-state index in [1.54, 1.807) is 6.07 Å².